The number of rotatable bonds is 3. The van der Waals surface area contributed by atoms with Gasteiger partial charge >= 0.3 is 6.18 Å². The maximum atomic E-state index is 12.9. The highest BCUT2D eigenvalue weighted by molar-refractivity contribution is 6.09. The summed E-state index contributed by atoms with van der Waals surface area (Å²) in [7, 11) is 0. The van der Waals surface area contributed by atoms with E-state index >= 15 is 0 Å². The number of para-hydroxylation sites is 2. The third-order valence-corrected chi connectivity index (χ3v) is 7.01. The van der Waals surface area contributed by atoms with E-state index in [1.165, 1.54) is 12.1 Å². The Morgan fingerprint density at radius 1 is 0.590 bits per heavy atom. The van der Waals surface area contributed by atoms with Gasteiger partial charge in [0, 0.05) is 45.2 Å². The minimum atomic E-state index is -4.35. The molecule has 4 aromatic carbocycles. The molecule has 6 heteroatoms. The van der Waals surface area contributed by atoms with Crippen LogP contribution in [0.3, 0.4) is 0 Å². The number of pyridine rings is 2. The first-order chi connectivity index (χ1) is 18.9. The number of fused-ring (bicyclic) bond motifs is 4. The molecule has 0 fully saturated rings. The number of aromatic nitrogens is 2. The average molecular weight is 517 g/mol. The predicted molar refractivity (Wildman–Crippen MR) is 148 cm³/mol. The standard InChI is InChI=1S/C33H19F3N2O/c34-33(35,36)25-13-10-20(11-14-25)21-8-9-22-16-24(19-38-30(22)17-21)23-12-15-29(37-18-23)28-6-3-5-27-26-4-1-2-7-31(26)39-32(27)28/h1-19H. The van der Waals surface area contributed by atoms with Gasteiger partial charge in [-0.1, -0.05) is 60.7 Å². The summed E-state index contributed by atoms with van der Waals surface area (Å²) in [6.45, 7) is 0. The minimum Gasteiger partial charge on any atom is -0.455 e. The molecule has 3 heterocycles. The molecule has 3 nitrogen and oxygen atoms in total. The maximum Gasteiger partial charge on any atom is 0.416 e. The summed E-state index contributed by atoms with van der Waals surface area (Å²) in [6, 6.07) is 31.0. The fourth-order valence-electron chi connectivity index (χ4n) is 4.98. The molecule has 0 spiro atoms. The van der Waals surface area contributed by atoms with Crippen molar-refractivity contribution in [2.75, 3.05) is 0 Å². The van der Waals surface area contributed by atoms with Crippen LogP contribution in [0.15, 0.2) is 120 Å². The fraction of sp³-hybridized carbons (Fsp3) is 0.0303. The van der Waals surface area contributed by atoms with Gasteiger partial charge in [0.1, 0.15) is 11.2 Å². The third kappa shape index (κ3) is 4.10. The van der Waals surface area contributed by atoms with Crippen molar-refractivity contribution >= 4 is 32.8 Å². The Balaban J connectivity index is 1.19. The van der Waals surface area contributed by atoms with E-state index in [1.807, 2.05) is 72.9 Å². The maximum absolute atomic E-state index is 12.9. The Morgan fingerprint density at radius 3 is 2.13 bits per heavy atom. The molecule has 39 heavy (non-hydrogen) atoms. The van der Waals surface area contributed by atoms with Crippen molar-refractivity contribution in [1.29, 1.82) is 0 Å². The van der Waals surface area contributed by atoms with Gasteiger partial charge in [0.15, 0.2) is 0 Å². The summed E-state index contributed by atoms with van der Waals surface area (Å²) in [5, 5.41) is 3.07. The Morgan fingerprint density at radius 2 is 1.33 bits per heavy atom. The molecular weight excluding hydrogens is 497 g/mol. The van der Waals surface area contributed by atoms with Crippen molar-refractivity contribution in [2.45, 2.75) is 6.18 Å². The number of halogens is 3. The highest BCUT2D eigenvalue weighted by Gasteiger charge is 2.30. The summed E-state index contributed by atoms with van der Waals surface area (Å²) < 4.78 is 44.9. The Labute approximate surface area is 221 Å². The second-order valence-corrected chi connectivity index (χ2v) is 9.42. The summed E-state index contributed by atoms with van der Waals surface area (Å²) in [5.74, 6) is 0. The van der Waals surface area contributed by atoms with Gasteiger partial charge in [-0.3, -0.25) is 9.97 Å². The van der Waals surface area contributed by atoms with Crippen LogP contribution < -0.4 is 0 Å². The monoisotopic (exact) mass is 516 g/mol. The van der Waals surface area contributed by atoms with Crippen LogP contribution in [0.25, 0.3) is 66.4 Å². The van der Waals surface area contributed by atoms with Gasteiger partial charge in [-0.05, 0) is 53.6 Å². The van der Waals surface area contributed by atoms with Crippen molar-refractivity contribution in [3.63, 3.8) is 0 Å². The Kier molecular flexibility index (Phi) is 5.23. The molecule has 0 bridgehead atoms. The first-order valence-electron chi connectivity index (χ1n) is 12.4. The number of benzene rings is 4. The molecule has 7 aromatic rings. The van der Waals surface area contributed by atoms with Crippen LogP contribution in [-0.4, -0.2) is 9.97 Å². The first kappa shape index (κ1) is 23.2. The summed E-state index contributed by atoms with van der Waals surface area (Å²) in [6.07, 6.45) is -0.737. The first-order valence-corrected chi connectivity index (χ1v) is 12.4. The summed E-state index contributed by atoms with van der Waals surface area (Å²) in [4.78, 5) is 9.36. The lowest BCUT2D eigenvalue weighted by atomic mass is 10.0. The summed E-state index contributed by atoms with van der Waals surface area (Å²) >= 11 is 0. The van der Waals surface area contributed by atoms with Crippen molar-refractivity contribution in [1.82, 2.24) is 9.97 Å². The van der Waals surface area contributed by atoms with Gasteiger partial charge in [-0.2, -0.15) is 13.2 Å². The van der Waals surface area contributed by atoms with Crippen LogP contribution >= 0.6 is 0 Å². The molecule has 0 aliphatic carbocycles. The fourth-order valence-corrected chi connectivity index (χ4v) is 4.98. The smallest absolute Gasteiger partial charge is 0.416 e. The molecule has 188 valence electrons. The molecule has 0 saturated heterocycles. The molecule has 0 N–H and O–H groups in total. The molecule has 0 saturated carbocycles. The topological polar surface area (TPSA) is 38.9 Å². The van der Waals surface area contributed by atoms with Gasteiger partial charge in [-0.25, -0.2) is 0 Å². The number of nitrogens with zero attached hydrogens (tertiary/aromatic N) is 2. The average Bonchev–Trinajstić information content (AvgIpc) is 3.35. The highest BCUT2D eigenvalue weighted by atomic mass is 19.4. The van der Waals surface area contributed by atoms with Crippen LogP contribution in [0.2, 0.25) is 0 Å². The highest BCUT2D eigenvalue weighted by Crippen LogP contribution is 2.36. The predicted octanol–water partition coefficient (Wildman–Crippen LogP) is 9.55. The Bertz CT molecular complexity index is 1990. The van der Waals surface area contributed by atoms with Gasteiger partial charge in [0.25, 0.3) is 0 Å². The lowest BCUT2D eigenvalue weighted by molar-refractivity contribution is -0.137. The normalized spacial score (nSPS) is 12.0. The molecule has 3 aromatic heterocycles. The van der Waals surface area contributed by atoms with Crippen molar-refractivity contribution in [3.05, 3.63) is 121 Å². The van der Waals surface area contributed by atoms with Gasteiger partial charge in [-0.15, -0.1) is 0 Å². The molecule has 0 aliphatic rings. The number of hydrogen-bond acceptors (Lipinski definition) is 3. The number of alkyl halides is 3. The van der Waals surface area contributed by atoms with Crippen LogP contribution in [0.1, 0.15) is 5.56 Å². The molecule has 0 amide bonds. The molecule has 7 rings (SSSR count). The zero-order valence-electron chi connectivity index (χ0n) is 20.4. The summed E-state index contributed by atoms with van der Waals surface area (Å²) in [5.41, 5.74) is 6.87. The van der Waals surface area contributed by atoms with Crippen molar-refractivity contribution in [2.24, 2.45) is 0 Å². The number of furan rings is 1. The molecular formula is C33H19F3N2O. The zero-order valence-corrected chi connectivity index (χ0v) is 20.4. The second-order valence-electron chi connectivity index (χ2n) is 9.42. The quantitative estimate of drug-likeness (QED) is 0.235. The van der Waals surface area contributed by atoms with Gasteiger partial charge in [0.05, 0.1) is 16.8 Å². The van der Waals surface area contributed by atoms with E-state index in [0.717, 1.165) is 72.9 Å². The van der Waals surface area contributed by atoms with Crippen LogP contribution in [-0.2, 0) is 6.18 Å². The molecule has 0 aliphatic heterocycles. The largest absolute Gasteiger partial charge is 0.455 e. The molecule has 0 radical (unpaired) electrons. The van der Waals surface area contributed by atoms with E-state index < -0.39 is 11.7 Å². The second kappa shape index (κ2) is 8.81. The van der Waals surface area contributed by atoms with Crippen LogP contribution in [0, 0.1) is 0 Å². The van der Waals surface area contributed by atoms with Crippen LogP contribution in [0.4, 0.5) is 13.2 Å². The SMILES string of the molecule is FC(F)(F)c1ccc(-c2ccc3cc(-c4ccc(-c5cccc6c5oc5ccccc56)nc4)cnc3c2)cc1. The van der Waals surface area contributed by atoms with E-state index in [4.69, 9.17) is 9.40 Å². The van der Waals surface area contributed by atoms with Crippen LogP contribution in [0.5, 0.6) is 0 Å². The van der Waals surface area contributed by atoms with E-state index in [-0.39, 0.29) is 0 Å². The number of hydrogen-bond donors (Lipinski definition) is 0. The van der Waals surface area contributed by atoms with Gasteiger partial charge in [0.2, 0.25) is 0 Å². The molecule has 0 atom stereocenters. The van der Waals surface area contributed by atoms with Crippen molar-refractivity contribution in [3.8, 4) is 33.5 Å². The lowest BCUT2D eigenvalue weighted by Crippen LogP contribution is -2.03. The zero-order chi connectivity index (χ0) is 26.6. The van der Waals surface area contributed by atoms with E-state index in [9.17, 15) is 13.2 Å². The lowest BCUT2D eigenvalue weighted by Gasteiger charge is -2.09. The Hall–Kier alpha value is -4.97. The van der Waals surface area contributed by atoms with E-state index in [0.29, 0.717) is 5.56 Å². The third-order valence-electron chi connectivity index (χ3n) is 7.01. The molecule has 0 unspecified atom stereocenters. The van der Waals surface area contributed by atoms with E-state index in [2.05, 4.69) is 17.1 Å². The van der Waals surface area contributed by atoms with E-state index in [1.54, 1.807) is 6.20 Å². The minimum absolute atomic E-state index is 0.663. The van der Waals surface area contributed by atoms with Crippen molar-refractivity contribution < 1.29 is 17.6 Å². The van der Waals surface area contributed by atoms with Gasteiger partial charge < -0.3 is 4.42 Å².